The Hall–Kier alpha value is -1.32. The molecule has 1 aromatic carbocycles. The van der Waals surface area contributed by atoms with Gasteiger partial charge in [-0.3, -0.25) is 0 Å². The minimum absolute atomic E-state index is 0.0618. The van der Waals surface area contributed by atoms with E-state index in [4.69, 9.17) is 17.3 Å². The van der Waals surface area contributed by atoms with E-state index in [2.05, 4.69) is 18.9 Å². The standard InChI is InChI=1S/C15H20ClN3/c1-5-13-10(3)18-19(11(13)4)12-6-7-14(9(2)17)15(16)8-12/h6-9H,5,17H2,1-4H3. The summed E-state index contributed by atoms with van der Waals surface area (Å²) in [7, 11) is 0. The summed E-state index contributed by atoms with van der Waals surface area (Å²) < 4.78 is 1.95. The molecule has 2 rings (SSSR count). The molecule has 4 heteroatoms. The molecule has 19 heavy (non-hydrogen) atoms. The monoisotopic (exact) mass is 277 g/mol. The van der Waals surface area contributed by atoms with Crippen LogP contribution < -0.4 is 5.73 Å². The van der Waals surface area contributed by atoms with E-state index < -0.39 is 0 Å². The molecule has 0 bridgehead atoms. The van der Waals surface area contributed by atoms with Crippen molar-refractivity contribution in [3.63, 3.8) is 0 Å². The van der Waals surface area contributed by atoms with E-state index in [1.807, 2.05) is 36.7 Å². The smallest absolute Gasteiger partial charge is 0.0663 e. The molecule has 2 aromatic rings. The summed E-state index contributed by atoms with van der Waals surface area (Å²) in [6.07, 6.45) is 0.989. The van der Waals surface area contributed by atoms with Crippen LogP contribution in [0.25, 0.3) is 5.69 Å². The number of nitrogens with two attached hydrogens (primary N) is 1. The van der Waals surface area contributed by atoms with Crippen molar-refractivity contribution in [2.45, 2.75) is 40.2 Å². The van der Waals surface area contributed by atoms with Crippen LogP contribution in [-0.4, -0.2) is 9.78 Å². The van der Waals surface area contributed by atoms with Gasteiger partial charge in [0.2, 0.25) is 0 Å². The average molecular weight is 278 g/mol. The van der Waals surface area contributed by atoms with E-state index in [1.54, 1.807) is 0 Å². The second-order valence-electron chi connectivity index (χ2n) is 4.91. The highest BCUT2D eigenvalue weighted by atomic mass is 35.5. The van der Waals surface area contributed by atoms with Crippen molar-refractivity contribution >= 4 is 11.6 Å². The Balaban J connectivity index is 2.51. The Morgan fingerprint density at radius 3 is 2.53 bits per heavy atom. The molecular formula is C15H20ClN3. The third-order valence-electron chi connectivity index (χ3n) is 3.51. The lowest BCUT2D eigenvalue weighted by Gasteiger charge is -2.11. The number of hydrogen-bond acceptors (Lipinski definition) is 2. The van der Waals surface area contributed by atoms with Gasteiger partial charge in [0.15, 0.2) is 0 Å². The third kappa shape index (κ3) is 2.53. The van der Waals surface area contributed by atoms with Crippen LogP contribution in [0.15, 0.2) is 18.2 Å². The van der Waals surface area contributed by atoms with Crippen molar-refractivity contribution < 1.29 is 0 Å². The van der Waals surface area contributed by atoms with Gasteiger partial charge in [0.05, 0.1) is 11.4 Å². The average Bonchev–Trinajstić information content (AvgIpc) is 2.63. The summed E-state index contributed by atoms with van der Waals surface area (Å²) in [5, 5.41) is 5.29. The summed E-state index contributed by atoms with van der Waals surface area (Å²) >= 11 is 6.29. The topological polar surface area (TPSA) is 43.8 Å². The Morgan fingerprint density at radius 2 is 2.05 bits per heavy atom. The van der Waals surface area contributed by atoms with Gasteiger partial charge in [-0.2, -0.15) is 5.10 Å². The predicted octanol–water partition coefficient (Wildman–Crippen LogP) is 3.72. The molecule has 0 radical (unpaired) electrons. The maximum Gasteiger partial charge on any atom is 0.0663 e. The first-order valence-corrected chi connectivity index (χ1v) is 6.94. The van der Waals surface area contributed by atoms with Crippen LogP contribution in [0.3, 0.4) is 0 Å². The summed E-state index contributed by atoms with van der Waals surface area (Å²) in [4.78, 5) is 0. The molecule has 0 saturated carbocycles. The van der Waals surface area contributed by atoms with Crippen molar-refractivity contribution in [2.75, 3.05) is 0 Å². The minimum Gasteiger partial charge on any atom is -0.324 e. The van der Waals surface area contributed by atoms with Crippen LogP contribution in [0, 0.1) is 13.8 Å². The number of aromatic nitrogens is 2. The number of rotatable bonds is 3. The van der Waals surface area contributed by atoms with E-state index in [1.165, 1.54) is 11.3 Å². The molecule has 0 aliphatic heterocycles. The van der Waals surface area contributed by atoms with Crippen molar-refractivity contribution in [1.82, 2.24) is 9.78 Å². The zero-order valence-electron chi connectivity index (χ0n) is 11.9. The summed E-state index contributed by atoms with van der Waals surface area (Å²) in [5.74, 6) is 0. The van der Waals surface area contributed by atoms with Gasteiger partial charge in [-0.25, -0.2) is 4.68 Å². The van der Waals surface area contributed by atoms with Gasteiger partial charge in [-0.05, 0) is 50.5 Å². The molecular weight excluding hydrogens is 258 g/mol. The highest BCUT2D eigenvalue weighted by Crippen LogP contribution is 2.26. The third-order valence-corrected chi connectivity index (χ3v) is 3.84. The van der Waals surface area contributed by atoms with Crippen LogP contribution in [-0.2, 0) is 6.42 Å². The first-order valence-electron chi connectivity index (χ1n) is 6.56. The molecule has 1 atom stereocenters. The SMILES string of the molecule is CCc1c(C)nn(-c2ccc(C(C)N)c(Cl)c2)c1C. The van der Waals surface area contributed by atoms with E-state index >= 15 is 0 Å². The molecule has 2 N–H and O–H groups in total. The Bertz CT molecular complexity index is 600. The van der Waals surface area contributed by atoms with Crippen LogP contribution in [0.4, 0.5) is 0 Å². The van der Waals surface area contributed by atoms with E-state index in [-0.39, 0.29) is 6.04 Å². The first-order chi connectivity index (χ1) is 8.95. The molecule has 0 fully saturated rings. The fraction of sp³-hybridized carbons (Fsp3) is 0.400. The second-order valence-corrected chi connectivity index (χ2v) is 5.32. The largest absolute Gasteiger partial charge is 0.324 e. The van der Waals surface area contributed by atoms with Crippen molar-refractivity contribution in [3.8, 4) is 5.69 Å². The highest BCUT2D eigenvalue weighted by Gasteiger charge is 2.13. The first kappa shape index (κ1) is 14.1. The fourth-order valence-electron chi connectivity index (χ4n) is 2.46. The van der Waals surface area contributed by atoms with Gasteiger partial charge in [0.25, 0.3) is 0 Å². The summed E-state index contributed by atoms with van der Waals surface area (Å²) in [6, 6.07) is 5.86. The number of aryl methyl sites for hydroxylation is 1. The van der Waals surface area contributed by atoms with Gasteiger partial charge < -0.3 is 5.73 Å². The van der Waals surface area contributed by atoms with Crippen molar-refractivity contribution in [3.05, 3.63) is 45.7 Å². The number of hydrogen-bond donors (Lipinski definition) is 1. The quantitative estimate of drug-likeness (QED) is 0.929. The van der Waals surface area contributed by atoms with Gasteiger partial charge in [-0.15, -0.1) is 0 Å². The normalized spacial score (nSPS) is 12.7. The molecule has 0 aliphatic carbocycles. The van der Waals surface area contributed by atoms with Gasteiger partial charge in [0, 0.05) is 16.8 Å². The van der Waals surface area contributed by atoms with Gasteiger partial charge >= 0.3 is 0 Å². The zero-order chi connectivity index (χ0) is 14.2. The molecule has 1 aromatic heterocycles. The van der Waals surface area contributed by atoms with Gasteiger partial charge in [0.1, 0.15) is 0 Å². The maximum absolute atomic E-state index is 6.29. The van der Waals surface area contributed by atoms with E-state index in [9.17, 15) is 0 Å². The molecule has 0 aliphatic rings. The Kier molecular flexibility index (Phi) is 3.97. The highest BCUT2D eigenvalue weighted by molar-refractivity contribution is 6.31. The summed E-state index contributed by atoms with van der Waals surface area (Å²) in [6.45, 7) is 8.21. The molecule has 102 valence electrons. The zero-order valence-corrected chi connectivity index (χ0v) is 12.6. The van der Waals surface area contributed by atoms with Crippen LogP contribution in [0.2, 0.25) is 5.02 Å². The lowest BCUT2D eigenvalue weighted by molar-refractivity contribution is 0.808. The van der Waals surface area contributed by atoms with Crippen molar-refractivity contribution in [1.29, 1.82) is 0 Å². The predicted molar refractivity (Wildman–Crippen MR) is 80.0 cm³/mol. The molecule has 1 heterocycles. The maximum atomic E-state index is 6.29. The fourth-order valence-corrected chi connectivity index (χ4v) is 2.80. The molecule has 3 nitrogen and oxygen atoms in total. The molecule has 0 spiro atoms. The van der Waals surface area contributed by atoms with Crippen LogP contribution >= 0.6 is 11.6 Å². The number of nitrogens with zero attached hydrogens (tertiary/aromatic N) is 2. The lowest BCUT2D eigenvalue weighted by atomic mass is 10.1. The van der Waals surface area contributed by atoms with E-state index in [0.717, 1.165) is 23.4 Å². The Labute approximate surface area is 119 Å². The minimum atomic E-state index is -0.0618. The number of benzene rings is 1. The second kappa shape index (κ2) is 5.35. The number of halogens is 1. The van der Waals surface area contributed by atoms with Crippen molar-refractivity contribution in [2.24, 2.45) is 5.73 Å². The molecule has 1 unspecified atom stereocenters. The Morgan fingerprint density at radius 1 is 1.37 bits per heavy atom. The molecule has 0 amide bonds. The van der Waals surface area contributed by atoms with E-state index in [0.29, 0.717) is 5.02 Å². The summed E-state index contributed by atoms with van der Waals surface area (Å²) in [5.41, 5.74) is 11.4. The molecule has 0 saturated heterocycles. The lowest BCUT2D eigenvalue weighted by Crippen LogP contribution is -2.07. The van der Waals surface area contributed by atoms with Crippen LogP contribution in [0.1, 0.15) is 42.4 Å². The van der Waals surface area contributed by atoms with Gasteiger partial charge in [-0.1, -0.05) is 24.6 Å². The van der Waals surface area contributed by atoms with Crippen LogP contribution in [0.5, 0.6) is 0 Å².